The maximum atomic E-state index is 11.2. The minimum atomic E-state index is -0.218. The summed E-state index contributed by atoms with van der Waals surface area (Å²) in [6.45, 7) is 9.04. The van der Waals surface area contributed by atoms with Crippen LogP contribution < -0.4 is 4.74 Å². The first-order valence-corrected chi connectivity index (χ1v) is 6.32. The van der Waals surface area contributed by atoms with Crippen molar-refractivity contribution >= 4 is 5.97 Å². The molecule has 0 aliphatic rings. The first-order chi connectivity index (χ1) is 8.43. The zero-order valence-electron chi connectivity index (χ0n) is 11.7. The normalized spacial score (nSPS) is 11.1. The van der Waals surface area contributed by atoms with Crippen molar-refractivity contribution in [2.45, 2.75) is 39.5 Å². The number of benzene rings is 1. The van der Waals surface area contributed by atoms with E-state index in [9.17, 15) is 4.79 Å². The molecule has 0 radical (unpaired) electrons. The van der Waals surface area contributed by atoms with Crippen molar-refractivity contribution in [1.82, 2.24) is 0 Å². The summed E-state index contributed by atoms with van der Waals surface area (Å²) in [4.78, 5) is 11.2. The molecule has 0 saturated carbocycles. The number of carbonyl (C=O) groups is 1. The lowest BCUT2D eigenvalue weighted by Gasteiger charge is -2.19. The third kappa shape index (κ3) is 4.78. The van der Waals surface area contributed by atoms with Gasteiger partial charge in [0.1, 0.15) is 5.75 Å². The fraction of sp³-hybridized carbons (Fsp3) is 0.533. The Bertz CT molecular complexity index is 391. The zero-order chi connectivity index (χ0) is 13.6. The maximum absolute atomic E-state index is 11.2. The van der Waals surface area contributed by atoms with Crippen LogP contribution in [0.1, 0.15) is 39.7 Å². The number of carbonyl (C=O) groups excluding carboxylic acids is 1. The largest absolute Gasteiger partial charge is 0.493 e. The molecule has 18 heavy (non-hydrogen) atoms. The van der Waals surface area contributed by atoms with Gasteiger partial charge in [0.15, 0.2) is 0 Å². The fourth-order valence-corrected chi connectivity index (χ4v) is 1.54. The van der Waals surface area contributed by atoms with Crippen LogP contribution in [0, 0.1) is 0 Å². The smallest absolute Gasteiger partial charge is 0.309 e. The molecule has 0 aliphatic heterocycles. The minimum absolute atomic E-state index is 0.0977. The van der Waals surface area contributed by atoms with Crippen LogP contribution in [0.15, 0.2) is 24.3 Å². The van der Waals surface area contributed by atoms with Crippen LogP contribution in [0.2, 0.25) is 0 Å². The Kier molecular flexibility index (Phi) is 5.20. The molecule has 0 fully saturated rings. The number of hydrogen-bond donors (Lipinski definition) is 0. The van der Waals surface area contributed by atoms with E-state index in [1.54, 1.807) is 6.92 Å². The van der Waals surface area contributed by atoms with E-state index in [1.807, 2.05) is 18.2 Å². The van der Waals surface area contributed by atoms with Gasteiger partial charge in [0.05, 0.1) is 19.6 Å². The van der Waals surface area contributed by atoms with E-state index < -0.39 is 0 Å². The van der Waals surface area contributed by atoms with E-state index in [4.69, 9.17) is 9.47 Å². The second kappa shape index (κ2) is 6.43. The molecule has 0 saturated heterocycles. The van der Waals surface area contributed by atoms with Gasteiger partial charge in [-0.25, -0.2) is 0 Å². The van der Waals surface area contributed by atoms with Gasteiger partial charge in [0, 0.05) is 0 Å². The van der Waals surface area contributed by atoms with Crippen molar-refractivity contribution in [3.8, 4) is 5.75 Å². The van der Waals surface area contributed by atoms with Crippen LogP contribution in [0.5, 0.6) is 5.75 Å². The first kappa shape index (κ1) is 14.6. The van der Waals surface area contributed by atoms with Gasteiger partial charge >= 0.3 is 5.97 Å². The molecule has 100 valence electrons. The molecule has 0 bridgehead atoms. The summed E-state index contributed by atoms with van der Waals surface area (Å²) >= 11 is 0. The molecule has 0 amide bonds. The van der Waals surface area contributed by atoms with Crippen molar-refractivity contribution < 1.29 is 14.3 Å². The van der Waals surface area contributed by atoms with Crippen LogP contribution in [0.3, 0.4) is 0 Å². The van der Waals surface area contributed by atoms with E-state index >= 15 is 0 Å². The van der Waals surface area contributed by atoms with Crippen molar-refractivity contribution in [3.05, 3.63) is 29.8 Å². The number of hydrogen-bond acceptors (Lipinski definition) is 3. The Morgan fingerprint density at radius 1 is 1.28 bits per heavy atom. The molecule has 0 aliphatic carbocycles. The number of rotatable bonds is 5. The molecule has 0 heterocycles. The molecule has 0 spiro atoms. The fourth-order valence-electron chi connectivity index (χ4n) is 1.54. The Labute approximate surface area is 109 Å². The second-order valence-corrected chi connectivity index (χ2v) is 5.18. The molecular weight excluding hydrogens is 228 g/mol. The van der Waals surface area contributed by atoms with E-state index in [0.29, 0.717) is 13.2 Å². The monoisotopic (exact) mass is 250 g/mol. The van der Waals surface area contributed by atoms with Crippen LogP contribution in [-0.2, 0) is 14.9 Å². The first-order valence-electron chi connectivity index (χ1n) is 6.32. The molecule has 3 heteroatoms. The quantitative estimate of drug-likeness (QED) is 0.752. The third-order valence-electron chi connectivity index (χ3n) is 2.58. The second-order valence-electron chi connectivity index (χ2n) is 5.18. The van der Waals surface area contributed by atoms with Gasteiger partial charge in [-0.3, -0.25) is 4.79 Å². The highest BCUT2D eigenvalue weighted by atomic mass is 16.5. The minimum Gasteiger partial charge on any atom is -0.493 e. The average molecular weight is 250 g/mol. The number of esters is 1. The van der Waals surface area contributed by atoms with Crippen molar-refractivity contribution in [2.24, 2.45) is 0 Å². The molecule has 3 nitrogen and oxygen atoms in total. The molecule has 1 rings (SSSR count). The van der Waals surface area contributed by atoms with E-state index in [0.717, 1.165) is 5.75 Å². The van der Waals surface area contributed by atoms with Gasteiger partial charge in [-0.15, -0.1) is 0 Å². The molecule has 0 aromatic heterocycles. The number of ether oxygens (including phenoxy) is 2. The Morgan fingerprint density at radius 3 is 2.61 bits per heavy atom. The highest BCUT2D eigenvalue weighted by Crippen LogP contribution is 2.25. The summed E-state index contributed by atoms with van der Waals surface area (Å²) in [5, 5.41) is 0. The molecule has 0 unspecified atom stereocenters. The van der Waals surface area contributed by atoms with Crippen LogP contribution in [0.25, 0.3) is 0 Å². The molecule has 0 N–H and O–H groups in total. The predicted octanol–water partition coefficient (Wildman–Crippen LogP) is 3.32. The highest BCUT2D eigenvalue weighted by molar-refractivity contribution is 5.69. The van der Waals surface area contributed by atoms with Crippen molar-refractivity contribution in [3.63, 3.8) is 0 Å². The van der Waals surface area contributed by atoms with Gasteiger partial charge in [0.2, 0.25) is 0 Å². The van der Waals surface area contributed by atoms with Crippen LogP contribution in [-0.4, -0.2) is 19.2 Å². The molecule has 0 atom stereocenters. The zero-order valence-corrected chi connectivity index (χ0v) is 11.7. The summed E-state index contributed by atoms with van der Waals surface area (Å²) in [6.07, 6.45) is 0.285. The van der Waals surface area contributed by atoms with Gasteiger partial charge in [0.25, 0.3) is 0 Å². The lowest BCUT2D eigenvalue weighted by molar-refractivity contribution is -0.143. The van der Waals surface area contributed by atoms with E-state index in [-0.39, 0.29) is 17.8 Å². The van der Waals surface area contributed by atoms with Gasteiger partial charge < -0.3 is 9.47 Å². The van der Waals surface area contributed by atoms with Gasteiger partial charge in [-0.1, -0.05) is 32.9 Å². The lowest BCUT2D eigenvalue weighted by atomic mass is 9.87. The summed E-state index contributed by atoms with van der Waals surface area (Å²) in [5.41, 5.74) is 1.32. The lowest BCUT2D eigenvalue weighted by Crippen LogP contribution is -2.12. The molecular formula is C15H22O3. The van der Waals surface area contributed by atoms with Gasteiger partial charge in [-0.2, -0.15) is 0 Å². The Balaban J connectivity index is 2.51. The molecule has 1 aromatic carbocycles. The van der Waals surface area contributed by atoms with Crippen LogP contribution >= 0.6 is 0 Å². The Morgan fingerprint density at radius 2 is 2.00 bits per heavy atom. The standard InChI is InChI=1S/C15H22O3/c1-5-17-14(16)9-10-18-13-8-6-7-12(11-13)15(2,3)4/h6-8,11H,5,9-10H2,1-4H3. The summed E-state index contributed by atoms with van der Waals surface area (Å²) < 4.78 is 10.4. The van der Waals surface area contributed by atoms with Crippen molar-refractivity contribution in [2.75, 3.05) is 13.2 Å². The van der Waals surface area contributed by atoms with E-state index in [1.165, 1.54) is 5.56 Å². The average Bonchev–Trinajstić information content (AvgIpc) is 2.29. The topological polar surface area (TPSA) is 35.5 Å². The third-order valence-corrected chi connectivity index (χ3v) is 2.58. The van der Waals surface area contributed by atoms with Crippen molar-refractivity contribution in [1.29, 1.82) is 0 Å². The SMILES string of the molecule is CCOC(=O)CCOc1cccc(C(C)(C)C)c1. The Hall–Kier alpha value is -1.51. The summed E-state index contributed by atoms with van der Waals surface area (Å²) in [7, 11) is 0. The predicted molar refractivity (Wildman–Crippen MR) is 71.9 cm³/mol. The van der Waals surface area contributed by atoms with Gasteiger partial charge in [-0.05, 0) is 30.0 Å². The maximum Gasteiger partial charge on any atom is 0.309 e. The molecule has 1 aromatic rings. The van der Waals surface area contributed by atoms with Crippen LogP contribution in [0.4, 0.5) is 0 Å². The summed E-state index contributed by atoms with van der Waals surface area (Å²) in [6, 6.07) is 7.98. The highest BCUT2D eigenvalue weighted by Gasteiger charge is 2.13. The van der Waals surface area contributed by atoms with E-state index in [2.05, 4.69) is 26.8 Å². The summed E-state index contributed by atoms with van der Waals surface area (Å²) in [5.74, 6) is 0.580.